The van der Waals surface area contributed by atoms with Crippen molar-refractivity contribution in [1.82, 2.24) is 0 Å². The minimum Gasteiger partial charge on any atom is -0.390 e. The van der Waals surface area contributed by atoms with Gasteiger partial charge in [0.1, 0.15) is 5.78 Å². The van der Waals surface area contributed by atoms with E-state index in [1.54, 1.807) is 0 Å². The summed E-state index contributed by atoms with van der Waals surface area (Å²) in [6.07, 6.45) is 6.58. The average molecular weight is 455 g/mol. The van der Waals surface area contributed by atoms with Gasteiger partial charge in [0, 0.05) is 6.42 Å². The molecule has 3 fully saturated rings. The van der Waals surface area contributed by atoms with Crippen LogP contribution in [0.4, 0.5) is 13.2 Å². The third-order valence-corrected chi connectivity index (χ3v) is 10.3. The molecule has 3 saturated carbocycles. The van der Waals surface area contributed by atoms with Crippen LogP contribution >= 0.6 is 0 Å². The van der Waals surface area contributed by atoms with Crippen molar-refractivity contribution in [3.63, 3.8) is 0 Å². The zero-order valence-electron chi connectivity index (χ0n) is 20.2. The summed E-state index contributed by atoms with van der Waals surface area (Å²) in [6.45, 7) is 7.67. The molecule has 5 heteroatoms. The maximum atomic E-state index is 13.6. The van der Waals surface area contributed by atoms with E-state index in [4.69, 9.17) is 0 Å². The molecule has 0 aromatic carbocycles. The van der Waals surface area contributed by atoms with E-state index in [1.165, 1.54) is 12.5 Å². The van der Waals surface area contributed by atoms with Gasteiger partial charge < -0.3 is 5.11 Å². The largest absolute Gasteiger partial charge is 0.391 e. The normalized spacial score (nSPS) is 44.1. The van der Waals surface area contributed by atoms with Crippen LogP contribution in [0.15, 0.2) is 11.6 Å². The number of rotatable bonds is 4. The van der Waals surface area contributed by atoms with Gasteiger partial charge in [-0.25, -0.2) is 0 Å². The Kier molecular flexibility index (Phi) is 6.17. The zero-order chi connectivity index (χ0) is 23.5. The number of hydrogen-bond donors (Lipinski definition) is 1. The molecule has 1 N–H and O–H groups in total. The Balaban J connectivity index is 1.54. The quantitative estimate of drug-likeness (QED) is 0.454. The Morgan fingerprint density at radius 1 is 1.12 bits per heavy atom. The molecule has 0 saturated heterocycles. The Morgan fingerprint density at radius 3 is 2.53 bits per heavy atom. The number of fused-ring (bicyclic) bond motifs is 3. The Hall–Kier alpha value is -0.840. The van der Waals surface area contributed by atoms with E-state index in [9.17, 15) is 23.1 Å². The molecule has 0 aromatic heterocycles. The van der Waals surface area contributed by atoms with Gasteiger partial charge in [0.15, 0.2) is 0 Å². The molecule has 2 bridgehead atoms. The third-order valence-electron chi connectivity index (χ3n) is 10.3. The average Bonchev–Trinajstić information content (AvgIpc) is 3.04. The zero-order valence-corrected chi connectivity index (χ0v) is 20.2. The van der Waals surface area contributed by atoms with Crippen molar-refractivity contribution in [3.05, 3.63) is 11.6 Å². The molecule has 4 rings (SSSR count). The van der Waals surface area contributed by atoms with Gasteiger partial charge in [-0.1, -0.05) is 32.4 Å². The lowest BCUT2D eigenvalue weighted by Gasteiger charge is -2.53. The molecule has 0 amide bonds. The molecule has 8 atom stereocenters. The Bertz CT molecular complexity index is 769. The van der Waals surface area contributed by atoms with Crippen molar-refractivity contribution in [2.45, 2.75) is 110 Å². The second kappa shape index (κ2) is 8.13. The molecule has 182 valence electrons. The summed E-state index contributed by atoms with van der Waals surface area (Å²) in [4.78, 5) is 13.6. The van der Waals surface area contributed by atoms with Crippen molar-refractivity contribution < 1.29 is 23.1 Å². The molecule has 0 aliphatic heterocycles. The van der Waals surface area contributed by atoms with E-state index in [-0.39, 0.29) is 23.2 Å². The number of halogens is 3. The van der Waals surface area contributed by atoms with Gasteiger partial charge in [-0.3, -0.25) is 4.79 Å². The summed E-state index contributed by atoms with van der Waals surface area (Å²) in [5.74, 6) is 0.763. The highest BCUT2D eigenvalue weighted by atomic mass is 19.4. The number of ketones is 1. The monoisotopic (exact) mass is 454 g/mol. The highest BCUT2D eigenvalue weighted by Gasteiger charge is 2.58. The summed E-state index contributed by atoms with van der Waals surface area (Å²) in [5, 5.41) is 10.6. The fraction of sp³-hybridized carbons (Fsp3) is 0.889. The first-order chi connectivity index (χ1) is 14.8. The highest BCUT2D eigenvalue weighted by molar-refractivity contribution is 5.88. The smallest absolute Gasteiger partial charge is 0.390 e. The first kappa shape index (κ1) is 24.3. The lowest BCUT2D eigenvalue weighted by atomic mass is 9.51. The second-order valence-electron chi connectivity index (χ2n) is 12.4. The van der Waals surface area contributed by atoms with Crippen LogP contribution in [0.25, 0.3) is 0 Å². The van der Waals surface area contributed by atoms with Crippen molar-refractivity contribution in [2.24, 2.45) is 40.4 Å². The van der Waals surface area contributed by atoms with Crippen LogP contribution in [0.1, 0.15) is 98.3 Å². The number of allylic oxidation sites excluding steroid dienone is 1. The number of alkyl halides is 3. The third kappa shape index (κ3) is 4.09. The minimum absolute atomic E-state index is 0.0360. The van der Waals surface area contributed by atoms with E-state index >= 15 is 0 Å². The van der Waals surface area contributed by atoms with E-state index in [0.29, 0.717) is 49.2 Å². The second-order valence-corrected chi connectivity index (χ2v) is 12.4. The van der Waals surface area contributed by atoms with Crippen LogP contribution in [0.3, 0.4) is 0 Å². The molecule has 0 aromatic rings. The van der Waals surface area contributed by atoms with Crippen molar-refractivity contribution in [2.75, 3.05) is 0 Å². The summed E-state index contributed by atoms with van der Waals surface area (Å²) >= 11 is 0. The molecule has 4 aliphatic rings. The topological polar surface area (TPSA) is 37.3 Å². The maximum absolute atomic E-state index is 13.6. The predicted octanol–water partition coefficient (Wildman–Crippen LogP) is 7.25. The number of hydrogen-bond acceptors (Lipinski definition) is 2. The predicted molar refractivity (Wildman–Crippen MR) is 120 cm³/mol. The lowest BCUT2D eigenvalue weighted by molar-refractivity contribution is -0.172. The summed E-state index contributed by atoms with van der Waals surface area (Å²) < 4.78 is 39.1. The molecular formula is C27H41F3O2. The number of aliphatic hydroxyl groups is 1. The first-order valence-electron chi connectivity index (χ1n) is 12.8. The van der Waals surface area contributed by atoms with Crippen molar-refractivity contribution in [1.29, 1.82) is 0 Å². The van der Waals surface area contributed by atoms with Crippen LogP contribution in [0.5, 0.6) is 0 Å². The van der Waals surface area contributed by atoms with Gasteiger partial charge in [0.2, 0.25) is 0 Å². The van der Waals surface area contributed by atoms with Crippen LogP contribution in [0, 0.1) is 40.4 Å². The lowest BCUT2D eigenvalue weighted by Crippen LogP contribution is -2.50. The van der Waals surface area contributed by atoms with Crippen molar-refractivity contribution in [3.8, 4) is 0 Å². The van der Waals surface area contributed by atoms with Gasteiger partial charge in [-0.2, -0.15) is 13.2 Å². The van der Waals surface area contributed by atoms with Gasteiger partial charge in [-0.05, 0) is 100 Å². The van der Waals surface area contributed by atoms with E-state index in [0.717, 1.165) is 38.5 Å². The van der Waals surface area contributed by atoms with Crippen LogP contribution < -0.4 is 0 Å². The number of carbonyl (C=O) groups excluding carboxylic acids is 1. The first-order valence-corrected chi connectivity index (χ1v) is 12.8. The van der Waals surface area contributed by atoms with Gasteiger partial charge in [0.05, 0.1) is 16.9 Å². The maximum Gasteiger partial charge on any atom is 0.391 e. The summed E-state index contributed by atoms with van der Waals surface area (Å²) in [7, 11) is 0. The molecule has 6 unspecified atom stereocenters. The van der Waals surface area contributed by atoms with Gasteiger partial charge in [0.25, 0.3) is 0 Å². The fourth-order valence-corrected chi connectivity index (χ4v) is 8.25. The van der Waals surface area contributed by atoms with Crippen LogP contribution in [-0.2, 0) is 4.79 Å². The van der Waals surface area contributed by atoms with Crippen LogP contribution in [-0.4, -0.2) is 22.7 Å². The molecule has 0 heterocycles. The molecule has 0 radical (unpaired) electrons. The standard InChI is InChI=1S/C27H41F3O2/c1-17(5-6-18(2)27(28,29)30)21-9-10-22-19-7-8-20-16-24(3,32)13-14-26(20,15-19)23(31)11-12-25(21,22)4/h8,17-19,21-22,32H,5-7,9-16H2,1-4H3/t17-,18?,19?,21?,22?,24+,25?,26?/m1/s1. The Morgan fingerprint density at radius 2 is 1.84 bits per heavy atom. The van der Waals surface area contributed by atoms with Gasteiger partial charge in [-0.15, -0.1) is 0 Å². The number of Topliss-reactive ketones (excluding diaryl/α,β-unsaturated/α-hetero) is 1. The fourth-order valence-electron chi connectivity index (χ4n) is 8.25. The van der Waals surface area contributed by atoms with Gasteiger partial charge >= 0.3 is 6.18 Å². The summed E-state index contributed by atoms with van der Waals surface area (Å²) in [5.41, 5.74) is 0.150. The SMILES string of the molecule is CC(CC[C@@H](C)C1CCC2C3CC=C4C[C@@](C)(O)CCC4(C3)C(=O)CCC21C)C(F)(F)F. The van der Waals surface area contributed by atoms with E-state index in [2.05, 4.69) is 19.9 Å². The highest BCUT2D eigenvalue weighted by Crippen LogP contribution is 2.64. The molecule has 32 heavy (non-hydrogen) atoms. The number of carbonyl (C=O) groups is 1. The summed E-state index contributed by atoms with van der Waals surface area (Å²) in [6, 6.07) is 0. The molecular weight excluding hydrogens is 413 g/mol. The van der Waals surface area contributed by atoms with E-state index < -0.39 is 17.7 Å². The minimum atomic E-state index is -4.11. The van der Waals surface area contributed by atoms with Crippen LogP contribution in [0.2, 0.25) is 0 Å². The Labute approximate surface area is 191 Å². The molecule has 1 spiro atoms. The van der Waals surface area contributed by atoms with Crippen molar-refractivity contribution >= 4 is 5.78 Å². The molecule has 4 aliphatic carbocycles. The van der Waals surface area contributed by atoms with E-state index in [1.807, 2.05) is 6.92 Å². The molecule has 2 nitrogen and oxygen atoms in total.